The number of carbonyl (C=O) groups is 2. The van der Waals surface area contributed by atoms with Gasteiger partial charge in [0.2, 0.25) is 0 Å². The Morgan fingerprint density at radius 2 is 1.64 bits per heavy atom. The van der Waals surface area contributed by atoms with E-state index in [9.17, 15) is 14.4 Å². The summed E-state index contributed by atoms with van der Waals surface area (Å²) < 4.78 is 18.4. The number of thiazole rings is 1. The number of hydrogen-bond acceptors (Lipinski definition) is 9. The first-order valence-electron chi connectivity index (χ1n) is 13.6. The molecule has 0 radical (unpaired) electrons. The molecule has 2 aromatic heterocycles. The number of furan rings is 1. The van der Waals surface area contributed by atoms with Crippen molar-refractivity contribution in [2.75, 3.05) is 32.2 Å². The van der Waals surface area contributed by atoms with E-state index in [1.807, 2.05) is 43.3 Å². The number of carbonyl (C=O) groups excluding carboxylic acids is 2. The Hall–Kier alpha value is -4.70. The Labute approximate surface area is 246 Å². The third kappa shape index (κ3) is 5.58. The number of nitrogens with zero attached hydrogens (tertiary/aromatic N) is 3. The normalized spacial score (nSPS) is 14.8. The van der Waals surface area contributed by atoms with E-state index in [4.69, 9.17) is 13.9 Å². The van der Waals surface area contributed by atoms with E-state index in [2.05, 4.69) is 4.99 Å². The quantitative estimate of drug-likeness (QED) is 0.284. The molecule has 3 heterocycles. The topological polar surface area (TPSA) is 103 Å². The van der Waals surface area contributed by atoms with Crippen LogP contribution in [0.25, 0.3) is 17.4 Å². The van der Waals surface area contributed by atoms with Crippen LogP contribution in [-0.4, -0.2) is 43.8 Å². The van der Waals surface area contributed by atoms with Crippen LogP contribution in [0.2, 0.25) is 0 Å². The van der Waals surface area contributed by atoms with Crippen molar-refractivity contribution in [1.29, 1.82) is 0 Å². The Morgan fingerprint density at radius 3 is 2.29 bits per heavy atom. The smallest absolute Gasteiger partial charge is 0.338 e. The van der Waals surface area contributed by atoms with Crippen molar-refractivity contribution >= 4 is 35.0 Å². The van der Waals surface area contributed by atoms with Gasteiger partial charge < -0.3 is 18.8 Å². The molecular formula is C32H31N3O6S. The third-order valence-corrected chi connectivity index (χ3v) is 7.81. The molecule has 0 amide bonds. The second-order valence-corrected chi connectivity index (χ2v) is 10.8. The molecule has 0 aliphatic carbocycles. The Bertz CT molecular complexity index is 1840. The minimum Gasteiger partial charge on any atom is -0.463 e. The molecule has 0 saturated carbocycles. The fourth-order valence-corrected chi connectivity index (χ4v) is 5.79. The number of hydrogen-bond donors (Lipinski definition) is 0. The second kappa shape index (κ2) is 12.0. The zero-order chi connectivity index (χ0) is 30.0. The maximum atomic E-state index is 13.9. The van der Waals surface area contributed by atoms with Gasteiger partial charge in [-0.3, -0.25) is 9.36 Å². The maximum absolute atomic E-state index is 13.9. The number of anilines is 1. The Kier molecular flexibility index (Phi) is 8.26. The van der Waals surface area contributed by atoms with Crippen molar-refractivity contribution in [3.05, 3.63) is 109 Å². The SMILES string of the molecule is CCOC(=O)C1=C(C)N=c2s/c(=C\c3ccc(-c4ccc(C(=O)OCC)cc4)o3)c(=O)n2[C@H]1c1ccc(N(C)C)cc1. The van der Waals surface area contributed by atoms with Gasteiger partial charge in [-0.25, -0.2) is 14.6 Å². The van der Waals surface area contributed by atoms with Gasteiger partial charge in [-0.05, 0) is 62.7 Å². The van der Waals surface area contributed by atoms with Gasteiger partial charge >= 0.3 is 11.9 Å². The van der Waals surface area contributed by atoms with E-state index in [1.54, 1.807) is 67.8 Å². The summed E-state index contributed by atoms with van der Waals surface area (Å²) >= 11 is 1.23. The fourth-order valence-electron chi connectivity index (χ4n) is 4.76. The van der Waals surface area contributed by atoms with Gasteiger partial charge in [-0.1, -0.05) is 35.6 Å². The van der Waals surface area contributed by atoms with Gasteiger partial charge in [0.25, 0.3) is 5.56 Å². The summed E-state index contributed by atoms with van der Waals surface area (Å²) in [5.41, 5.74) is 3.56. The first kappa shape index (κ1) is 28.8. The van der Waals surface area contributed by atoms with E-state index >= 15 is 0 Å². The highest BCUT2D eigenvalue weighted by atomic mass is 32.1. The van der Waals surface area contributed by atoms with Crippen LogP contribution in [0.3, 0.4) is 0 Å². The van der Waals surface area contributed by atoms with Crippen LogP contribution < -0.4 is 19.8 Å². The van der Waals surface area contributed by atoms with Crippen molar-refractivity contribution in [3.8, 4) is 11.3 Å². The summed E-state index contributed by atoms with van der Waals surface area (Å²) in [6.07, 6.45) is 1.68. The van der Waals surface area contributed by atoms with Crippen LogP contribution in [0, 0.1) is 0 Å². The summed E-state index contributed by atoms with van der Waals surface area (Å²) in [4.78, 5) is 46.0. The molecule has 0 saturated heterocycles. The van der Waals surface area contributed by atoms with Crippen LogP contribution in [0.15, 0.2) is 86.1 Å². The predicted molar refractivity (Wildman–Crippen MR) is 161 cm³/mol. The minimum absolute atomic E-state index is 0.207. The number of benzene rings is 2. The van der Waals surface area contributed by atoms with Gasteiger partial charge in [0.15, 0.2) is 4.80 Å². The van der Waals surface area contributed by atoms with E-state index in [1.165, 1.54) is 11.3 Å². The highest BCUT2D eigenvalue weighted by molar-refractivity contribution is 7.07. The summed E-state index contributed by atoms with van der Waals surface area (Å²) in [7, 11) is 3.90. The summed E-state index contributed by atoms with van der Waals surface area (Å²) in [6, 6.07) is 17.6. The van der Waals surface area contributed by atoms with Crippen molar-refractivity contribution in [3.63, 3.8) is 0 Å². The van der Waals surface area contributed by atoms with Crippen molar-refractivity contribution in [2.24, 2.45) is 4.99 Å². The van der Waals surface area contributed by atoms with E-state index in [0.29, 0.717) is 44.3 Å². The van der Waals surface area contributed by atoms with Crippen molar-refractivity contribution < 1.29 is 23.5 Å². The van der Waals surface area contributed by atoms with Crippen LogP contribution in [-0.2, 0) is 14.3 Å². The average Bonchev–Trinajstić information content (AvgIpc) is 3.57. The largest absolute Gasteiger partial charge is 0.463 e. The van der Waals surface area contributed by atoms with Crippen LogP contribution in [0.5, 0.6) is 0 Å². The predicted octanol–water partition coefficient (Wildman–Crippen LogP) is 4.30. The van der Waals surface area contributed by atoms with Gasteiger partial charge in [-0.15, -0.1) is 0 Å². The zero-order valence-corrected chi connectivity index (χ0v) is 24.9. The molecule has 42 heavy (non-hydrogen) atoms. The molecule has 0 unspecified atom stereocenters. The first-order valence-corrected chi connectivity index (χ1v) is 14.4. The third-order valence-electron chi connectivity index (χ3n) is 6.82. The molecule has 9 nitrogen and oxygen atoms in total. The van der Waals surface area contributed by atoms with E-state index in [0.717, 1.165) is 16.8 Å². The highest BCUT2D eigenvalue weighted by Crippen LogP contribution is 2.31. The Balaban J connectivity index is 1.55. The number of ether oxygens (including phenoxy) is 2. The summed E-state index contributed by atoms with van der Waals surface area (Å²) in [5, 5.41) is 0. The van der Waals surface area contributed by atoms with Gasteiger partial charge in [0, 0.05) is 31.4 Å². The molecule has 4 aromatic rings. The minimum atomic E-state index is -0.691. The van der Waals surface area contributed by atoms with Gasteiger partial charge in [0.1, 0.15) is 11.5 Å². The molecule has 5 rings (SSSR count). The Morgan fingerprint density at radius 1 is 0.976 bits per heavy atom. The monoisotopic (exact) mass is 585 g/mol. The molecule has 1 aliphatic rings. The van der Waals surface area contributed by atoms with Crippen LogP contribution in [0.4, 0.5) is 5.69 Å². The zero-order valence-electron chi connectivity index (χ0n) is 24.0. The van der Waals surface area contributed by atoms with Gasteiger partial charge in [-0.2, -0.15) is 0 Å². The molecule has 0 bridgehead atoms. The average molecular weight is 586 g/mol. The molecule has 1 atom stereocenters. The molecule has 2 aromatic carbocycles. The number of esters is 2. The van der Waals surface area contributed by atoms with Crippen LogP contribution >= 0.6 is 11.3 Å². The molecule has 216 valence electrons. The second-order valence-electron chi connectivity index (χ2n) is 9.79. The maximum Gasteiger partial charge on any atom is 0.338 e. The summed E-state index contributed by atoms with van der Waals surface area (Å²) in [5.74, 6) is 0.189. The molecular weight excluding hydrogens is 554 g/mol. The van der Waals surface area contributed by atoms with Gasteiger partial charge in [0.05, 0.1) is 40.6 Å². The number of allylic oxidation sites excluding steroid dienone is 1. The van der Waals surface area contributed by atoms with E-state index in [-0.39, 0.29) is 18.1 Å². The standard InChI is InChI=1S/C32H31N3O6S/c1-6-39-30(37)22-10-8-20(9-11-22)25-17-16-24(41-25)18-26-29(36)35-28(21-12-14-23(15-13-21)34(4)5)27(31(38)40-7-2)19(3)33-32(35)42-26/h8-18,28H,6-7H2,1-5H3/b26-18-/t28-/m0/s1. The lowest BCUT2D eigenvalue weighted by Crippen LogP contribution is -2.39. The molecule has 0 spiro atoms. The highest BCUT2D eigenvalue weighted by Gasteiger charge is 2.33. The molecule has 0 N–H and O–H groups in total. The molecule has 10 heteroatoms. The van der Waals surface area contributed by atoms with Crippen LogP contribution in [0.1, 0.15) is 48.5 Å². The lowest BCUT2D eigenvalue weighted by atomic mass is 9.95. The lowest BCUT2D eigenvalue weighted by Gasteiger charge is -2.25. The summed E-state index contributed by atoms with van der Waals surface area (Å²) in [6.45, 7) is 5.78. The van der Waals surface area contributed by atoms with Crippen molar-refractivity contribution in [2.45, 2.75) is 26.8 Å². The number of aromatic nitrogens is 1. The van der Waals surface area contributed by atoms with Crippen molar-refractivity contribution in [1.82, 2.24) is 4.57 Å². The number of fused-ring (bicyclic) bond motifs is 1. The first-order chi connectivity index (χ1) is 20.2. The molecule has 0 fully saturated rings. The fraction of sp³-hybridized carbons (Fsp3) is 0.250. The number of rotatable bonds is 8. The van der Waals surface area contributed by atoms with E-state index < -0.39 is 12.0 Å². The molecule has 1 aliphatic heterocycles. The lowest BCUT2D eigenvalue weighted by molar-refractivity contribution is -0.139.